The second-order valence-electron chi connectivity index (χ2n) is 26.6. The average molecular weight is 977 g/mol. The van der Waals surface area contributed by atoms with Gasteiger partial charge in [0, 0.05) is 13.0 Å². The van der Waals surface area contributed by atoms with Crippen molar-refractivity contribution in [3.63, 3.8) is 0 Å². The summed E-state index contributed by atoms with van der Waals surface area (Å²) in [6.07, 6.45) is 11.7. The summed E-state index contributed by atoms with van der Waals surface area (Å²) in [7, 11) is 0. The number of hydrogen-bond donors (Lipinski definition) is 1. The highest BCUT2D eigenvalue weighted by atomic mass is 16.6. The van der Waals surface area contributed by atoms with Gasteiger partial charge in [-0.05, 0) is 90.8 Å². The first-order valence-corrected chi connectivity index (χ1v) is 26.0. The van der Waals surface area contributed by atoms with E-state index in [1.165, 1.54) is 32.1 Å². The smallest absolute Gasteiger partial charge is 0.332 e. The summed E-state index contributed by atoms with van der Waals surface area (Å²) in [5, 5.41) is 0. The molecule has 0 bridgehead atoms. The molecule has 412 valence electrons. The van der Waals surface area contributed by atoms with Gasteiger partial charge in [-0.2, -0.15) is 0 Å². The first-order chi connectivity index (χ1) is 30.0. The molecule has 1 saturated carbocycles. The van der Waals surface area contributed by atoms with Crippen LogP contribution < -0.4 is 5.73 Å². The third-order valence-electron chi connectivity index (χ3n) is 9.49. The largest absolute Gasteiger partial charge is 0.466 e. The second kappa shape index (κ2) is 39.4. The number of carbonyl (C=O) groups is 4. The average Bonchev–Trinajstić information content (AvgIpc) is 3.64. The van der Waals surface area contributed by atoms with Crippen LogP contribution in [0.4, 0.5) is 0 Å². The summed E-state index contributed by atoms with van der Waals surface area (Å²) in [5.74, 6) is 0.0839. The lowest BCUT2D eigenvalue weighted by atomic mass is 9.90. The fraction of sp³-hybridized carbons (Fsp3) is 0.931. The molecule has 0 amide bonds. The van der Waals surface area contributed by atoms with E-state index in [4.69, 9.17) is 29.4 Å². The van der Waals surface area contributed by atoms with Crippen molar-refractivity contribution in [1.82, 2.24) is 0 Å². The highest BCUT2D eigenvalue weighted by molar-refractivity contribution is 5.73. The molecule has 1 aliphatic rings. The maximum Gasteiger partial charge on any atom is 0.332 e. The van der Waals surface area contributed by atoms with Gasteiger partial charge in [-0.15, -0.1) is 0 Å². The van der Waals surface area contributed by atoms with Crippen molar-refractivity contribution in [2.75, 3.05) is 33.0 Å². The minimum Gasteiger partial charge on any atom is -0.466 e. The van der Waals surface area contributed by atoms with Crippen molar-refractivity contribution >= 4 is 23.9 Å². The van der Waals surface area contributed by atoms with Gasteiger partial charge in [0.25, 0.3) is 0 Å². The fourth-order valence-corrected chi connectivity index (χ4v) is 5.79. The van der Waals surface area contributed by atoms with Crippen molar-refractivity contribution < 1.29 is 42.9 Å². The Morgan fingerprint density at radius 1 is 0.559 bits per heavy atom. The van der Waals surface area contributed by atoms with E-state index in [1.54, 1.807) is 0 Å². The van der Waals surface area contributed by atoms with E-state index >= 15 is 0 Å². The number of rotatable bonds is 16. The maximum absolute atomic E-state index is 11.7. The lowest BCUT2D eigenvalue weighted by Gasteiger charge is -2.24. The molecule has 0 aromatic carbocycles. The quantitative estimate of drug-likeness (QED) is 0.0903. The van der Waals surface area contributed by atoms with Crippen molar-refractivity contribution in [1.29, 1.82) is 0 Å². The third kappa shape index (κ3) is 70.4. The zero-order valence-corrected chi connectivity index (χ0v) is 49.5. The minimum atomic E-state index is -0.330. The highest BCUT2D eigenvalue weighted by Gasteiger charge is 2.27. The summed E-state index contributed by atoms with van der Waals surface area (Å²) in [6, 6.07) is 0. The Kier molecular flexibility index (Phi) is 44.8. The van der Waals surface area contributed by atoms with E-state index < -0.39 is 0 Å². The lowest BCUT2D eigenvalue weighted by molar-refractivity contribution is -0.154. The number of carbonyl (C=O) groups excluding carboxylic acids is 4. The SMILES string of the molecule is C.CC(C)(C)COC(=O)COCCN.CC(C)CC(=O)OCCC(C)(C)C.CC(CC(C)(C)C)OC(=O)C(C)C.CC(CC(C)(C)C)OC(=O)C1CCCC1.CCC(C)(C)C.CCCC(C)(C)C. The first-order valence-electron chi connectivity index (χ1n) is 26.0. The topological polar surface area (TPSA) is 140 Å². The van der Waals surface area contributed by atoms with Crippen LogP contribution in [-0.2, 0) is 42.9 Å². The molecule has 0 spiro atoms. The first kappa shape index (κ1) is 77.3. The van der Waals surface area contributed by atoms with Crippen LogP contribution in [0.1, 0.15) is 258 Å². The lowest BCUT2D eigenvalue weighted by Crippen LogP contribution is -2.24. The minimum absolute atomic E-state index is 0. The molecule has 10 heteroatoms. The summed E-state index contributed by atoms with van der Waals surface area (Å²) in [4.78, 5) is 45.0. The third-order valence-corrected chi connectivity index (χ3v) is 9.49. The van der Waals surface area contributed by atoms with Crippen LogP contribution in [0.3, 0.4) is 0 Å². The molecule has 0 aromatic heterocycles. The highest BCUT2D eigenvalue weighted by Crippen LogP contribution is 2.28. The molecule has 68 heavy (non-hydrogen) atoms. The number of hydrogen-bond acceptors (Lipinski definition) is 10. The molecule has 1 aliphatic carbocycles. The van der Waals surface area contributed by atoms with E-state index in [2.05, 4.69) is 118 Å². The van der Waals surface area contributed by atoms with Crippen LogP contribution in [0, 0.1) is 50.2 Å². The van der Waals surface area contributed by atoms with Crippen LogP contribution >= 0.6 is 0 Å². The molecule has 2 unspecified atom stereocenters. The van der Waals surface area contributed by atoms with Gasteiger partial charge in [-0.1, -0.05) is 199 Å². The van der Waals surface area contributed by atoms with Crippen molar-refractivity contribution in [2.24, 2.45) is 56.0 Å². The van der Waals surface area contributed by atoms with E-state index in [9.17, 15) is 19.2 Å². The van der Waals surface area contributed by atoms with Gasteiger partial charge in [-0.25, -0.2) is 4.79 Å². The van der Waals surface area contributed by atoms with Gasteiger partial charge in [0.05, 0.1) is 43.9 Å². The molecule has 1 fully saturated rings. The molecule has 0 heterocycles. The van der Waals surface area contributed by atoms with Gasteiger partial charge >= 0.3 is 23.9 Å². The summed E-state index contributed by atoms with van der Waals surface area (Å²) in [5.41, 5.74) is 6.97. The van der Waals surface area contributed by atoms with E-state index in [0.29, 0.717) is 49.5 Å². The number of esters is 4. The van der Waals surface area contributed by atoms with Crippen LogP contribution in [0.5, 0.6) is 0 Å². The van der Waals surface area contributed by atoms with Gasteiger partial charge < -0.3 is 29.4 Å². The Hall–Kier alpha value is -2.20. The maximum atomic E-state index is 11.7. The molecule has 0 aromatic rings. The van der Waals surface area contributed by atoms with E-state index in [-0.39, 0.29) is 83.6 Å². The Labute approximate surface area is 424 Å². The molecular weight excluding hydrogens is 855 g/mol. The zero-order chi connectivity index (χ0) is 54.0. The molecule has 2 N–H and O–H groups in total. The zero-order valence-electron chi connectivity index (χ0n) is 49.5. The predicted molar refractivity (Wildman–Crippen MR) is 292 cm³/mol. The molecule has 2 atom stereocenters. The van der Waals surface area contributed by atoms with E-state index in [0.717, 1.165) is 32.1 Å². The molecule has 0 radical (unpaired) electrons. The summed E-state index contributed by atoms with van der Waals surface area (Å²) in [6.45, 7) is 56.8. The monoisotopic (exact) mass is 976 g/mol. The van der Waals surface area contributed by atoms with Crippen molar-refractivity contribution in [3.8, 4) is 0 Å². The van der Waals surface area contributed by atoms with Gasteiger partial charge in [0.15, 0.2) is 0 Å². The van der Waals surface area contributed by atoms with Gasteiger partial charge in [0.1, 0.15) is 6.61 Å². The summed E-state index contributed by atoms with van der Waals surface area (Å²) >= 11 is 0. The number of ether oxygens (including phenoxy) is 5. The Morgan fingerprint density at radius 3 is 1.29 bits per heavy atom. The molecule has 0 saturated heterocycles. The normalized spacial score (nSPS) is 14.0. The van der Waals surface area contributed by atoms with E-state index in [1.807, 2.05) is 62.3 Å². The van der Waals surface area contributed by atoms with Crippen LogP contribution in [0.25, 0.3) is 0 Å². The fourth-order valence-electron chi connectivity index (χ4n) is 5.79. The Balaban J connectivity index is -0.000000173. The number of nitrogens with two attached hydrogens (primary N) is 1. The molecule has 0 aliphatic heterocycles. The molecular formula is C58H121NO9. The van der Waals surface area contributed by atoms with Crippen LogP contribution in [0.2, 0.25) is 0 Å². The van der Waals surface area contributed by atoms with Crippen LogP contribution in [-0.4, -0.2) is 69.1 Å². The second-order valence-corrected chi connectivity index (χ2v) is 26.6. The summed E-state index contributed by atoms with van der Waals surface area (Å²) < 4.78 is 25.7. The van der Waals surface area contributed by atoms with Gasteiger partial charge in [-0.3, -0.25) is 14.4 Å². The molecule has 10 nitrogen and oxygen atoms in total. The van der Waals surface area contributed by atoms with Gasteiger partial charge in [0.2, 0.25) is 0 Å². The van der Waals surface area contributed by atoms with Crippen LogP contribution in [0.15, 0.2) is 0 Å². The Morgan fingerprint density at radius 2 is 0.985 bits per heavy atom. The predicted octanol–water partition coefficient (Wildman–Crippen LogP) is 16.0. The molecule has 1 rings (SSSR count). The van der Waals surface area contributed by atoms with Crippen molar-refractivity contribution in [3.05, 3.63) is 0 Å². The van der Waals surface area contributed by atoms with Crippen molar-refractivity contribution in [2.45, 2.75) is 270 Å². The Bertz CT molecular complexity index is 1230. The standard InChI is InChI=1S/C13H24O2.2C11H22O2.C9H19NO3.C7H16.C6H14.CH4/c1-10(9-13(2,3)4)15-12(14)11-7-5-6-8-11;1-8(2)10(12)13-9(3)7-11(4,5)6;1-9(2)8-10(12)13-7-6-11(3,4)5;1-9(2,3)7-13-8(11)6-12-5-4-10;1-5-6-7(2,3)4;1-5-6(2,3)4;/h10-11H,5-9H2,1-4H3;8-9H,7H2,1-6H3;9H,6-8H2,1-5H3;4-7,10H2,1-3H3;5-6H2,1-4H3;5H2,1-4H3;1H4.